The van der Waals surface area contributed by atoms with Crippen LogP contribution in [0, 0.1) is 0 Å². The number of alkyl halides is 3. The summed E-state index contributed by atoms with van der Waals surface area (Å²) < 4.78 is 39.8. The Morgan fingerprint density at radius 1 is 1.62 bits per heavy atom. The number of carbonyl (C=O) groups is 1. The standard InChI is InChI=1S/C7H6F3NO2/c1-2-4-3-13-6(11-4)5(12)7(8,9)10/h3H,2H2,1H3. The van der Waals surface area contributed by atoms with E-state index >= 15 is 0 Å². The fourth-order valence-electron chi connectivity index (χ4n) is 0.695. The summed E-state index contributed by atoms with van der Waals surface area (Å²) in [5.41, 5.74) is 0.326. The molecule has 13 heavy (non-hydrogen) atoms. The molecule has 0 amide bonds. The number of aryl methyl sites for hydroxylation is 1. The van der Waals surface area contributed by atoms with Gasteiger partial charge >= 0.3 is 12.0 Å². The van der Waals surface area contributed by atoms with Crippen LogP contribution in [0.25, 0.3) is 0 Å². The molecule has 0 aromatic carbocycles. The van der Waals surface area contributed by atoms with Crippen LogP contribution in [0.1, 0.15) is 23.3 Å². The van der Waals surface area contributed by atoms with Crippen molar-refractivity contribution in [3.8, 4) is 0 Å². The van der Waals surface area contributed by atoms with Gasteiger partial charge in [0.1, 0.15) is 6.26 Å². The van der Waals surface area contributed by atoms with Gasteiger partial charge in [-0.15, -0.1) is 0 Å². The van der Waals surface area contributed by atoms with E-state index in [4.69, 9.17) is 0 Å². The number of nitrogens with zero attached hydrogens (tertiary/aromatic N) is 1. The van der Waals surface area contributed by atoms with Crippen molar-refractivity contribution in [2.75, 3.05) is 0 Å². The maximum Gasteiger partial charge on any atom is 0.459 e. The fraction of sp³-hybridized carbons (Fsp3) is 0.429. The smallest absolute Gasteiger partial charge is 0.442 e. The van der Waals surface area contributed by atoms with Crippen molar-refractivity contribution in [3.63, 3.8) is 0 Å². The molecule has 6 heteroatoms. The van der Waals surface area contributed by atoms with Gasteiger partial charge < -0.3 is 4.42 Å². The molecule has 0 saturated carbocycles. The van der Waals surface area contributed by atoms with Crippen molar-refractivity contribution in [1.82, 2.24) is 4.98 Å². The van der Waals surface area contributed by atoms with Crippen LogP contribution in [0.2, 0.25) is 0 Å². The zero-order valence-electron chi connectivity index (χ0n) is 6.68. The minimum absolute atomic E-state index is 0.326. The predicted molar refractivity (Wildman–Crippen MR) is 36.3 cm³/mol. The van der Waals surface area contributed by atoms with Crippen LogP contribution in [-0.2, 0) is 6.42 Å². The lowest BCUT2D eigenvalue weighted by Gasteiger charge is -1.99. The first kappa shape index (κ1) is 9.76. The minimum atomic E-state index is -4.92. The number of aromatic nitrogens is 1. The summed E-state index contributed by atoms with van der Waals surface area (Å²) in [6.45, 7) is 1.69. The first-order valence-corrected chi connectivity index (χ1v) is 3.51. The molecule has 0 aliphatic rings. The van der Waals surface area contributed by atoms with E-state index in [1.807, 2.05) is 0 Å². The molecule has 0 spiro atoms. The molecule has 0 fully saturated rings. The average molecular weight is 193 g/mol. The van der Waals surface area contributed by atoms with Gasteiger partial charge in [-0.05, 0) is 6.42 Å². The number of Topliss-reactive ketones (excluding diaryl/α,β-unsaturated/α-hetero) is 1. The Hall–Kier alpha value is -1.33. The van der Waals surface area contributed by atoms with E-state index in [2.05, 4.69) is 9.40 Å². The van der Waals surface area contributed by atoms with Crippen LogP contribution in [0.3, 0.4) is 0 Å². The van der Waals surface area contributed by atoms with E-state index in [0.717, 1.165) is 6.26 Å². The van der Waals surface area contributed by atoms with E-state index < -0.39 is 17.9 Å². The third-order valence-electron chi connectivity index (χ3n) is 1.37. The van der Waals surface area contributed by atoms with Gasteiger partial charge in [0, 0.05) is 0 Å². The molecule has 0 unspecified atom stereocenters. The van der Waals surface area contributed by atoms with Crippen molar-refractivity contribution < 1.29 is 22.4 Å². The van der Waals surface area contributed by atoms with Crippen LogP contribution in [0.5, 0.6) is 0 Å². The maximum atomic E-state index is 11.8. The summed E-state index contributed by atoms with van der Waals surface area (Å²) >= 11 is 0. The van der Waals surface area contributed by atoms with Gasteiger partial charge in [0.25, 0.3) is 5.89 Å². The maximum absolute atomic E-state index is 11.8. The van der Waals surface area contributed by atoms with Crippen LogP contribution in [-0.4, -0.2) is 16.9 Å². The molecule has 0 saturated heterocycles. The minimum Gasteiger partial charge on any atom is -0.442 e. The lowest BCUT2D eigenvalue weighted by atomic mass is 10.3. The summed E-state index contributed by atoms with van der Waals surface area (Å²) in [6, 6.07) is 0. The largest absolute Gasteiger partial charge is 0.459 e. The lowest BCUT2D eigenvalue weighted by molar-refractivity contribution is -0.0903. The van der Waals surface area contributed by atoms with Gasteiger partial charge in [0.2, 0.25) is 0 Å². The Balaban J connectivity index is 2.90. The van der Waals surface area contributed by atoms with Gasteiger partial charge in [-0.3, -0.25) is 4.79 Å². The zero-order valence-corrected chi connectivity index (χ0v) is 6.68. The molecular weight excluding hydrogens is 187 g/mol. The highest BCUT2D eigenvalue weighted by Crippen LogP contribution is 2.20. The fourth-order valence-corrected chi connectivity index (χ4v) is 0.695. The molecular formula is C7H6F3NO2. The van der Waals surface area contributed by atoms with Crippen LogP contribution < -0.4 is 0 Å². The highest BCUT2D eigenvalue weighted by atomic mass is 19.4. The Bertz CT molecular complexity index is 316. The highest BCUT2D eigenvalue weighted by molar-refractivity contribution is 5.96. The van der Waals surface area contributed by atoms with Crippen molar-refractivity contribution in [2.24, 2.45) is 0 Å². The first-order valence-electron chi connectivity index (χ1n) is 3.51. The molecule has 3 nitrogen and oxygen atoms in total. The van der Waals surface area contributed by atoms with Crippen LogP contribution in [0.15, 0.2) is 10.7 Å². The van der Waals surface area contributed by atoms with Gasteiger partial charge in [-0.1, -0.05) is 6.92 Å². The molecule has 1 rings (SSSR count). The monoisotopic (exact) mass is 193 g/mol. The van der Waals surface area contributed by atoms with Gasteiger partial charge in [-0.25, -0.2) is 4.98 Å². The molecule has 0 N–H and O–H groups in total. The van der Waals surface area contributed by atoms with Crippen molar-refractivity contribution in [2.45, 2.75) is 19.5 Å². The SMILES string of the molecule is CCc1coc(C(=O)C(F)(F)F)n1. The second-order valence-corrected chi connectivity index (χ2v) is 2.32. The van der Waals surface area contributed by atoms with Crippen molar-refractivity contribution in [3.05, 3.63) is 17.8 Å². The third-order valence-corrected chi connectivity index (χ3v) is 1.37. The Morgan fingerprint density at radius 2 is 2.23 bits per heavy atom. The molecule has 1 aromatic heterocycles. The number of hydrogen-bond acceptors (Lipinski definition) is 3. The lowest BCUT2D eigenvalue weighted by Crippen LogP contribution is -2.23. The Kier molecular flexibility index (Phi) is 2.40. The normalized spacial score (nSPS) is 11.7. The third kappa shape index (κ3) is 2.07. The summed E-state index contributed by atoms with van der Waals surface area (Å²) in [5.74, 6) is -2.95. The van der Waals surface area contributed by atoms with E-state index in [1.54, 1.807) is 6.92 Å². The predicted octanol–water partition coefficient (Wildman–Crippen LogP) is 1.98. The number of oxazole rings is 1. The van der Waals surface area contributed by atoms with E-state index in [1.165, 1.54) is 0 Å². The molecule has 0 bridgehead atoms. The van der Waals surface area contributed by atoms with Crippen LogP contribution >= 0.6 is 0 Å². The quantitative estimate of drug-likeness (QED) is 0.674. The van der Waals surface area contributed by atoms with Crippen LogP contribution in [0.4, 0.5) is 13.2 Å². The van der Waals surface area contributed by atoms with Crippen molar-refractivity contribution >= 4 is 5.78 Å². The molecule has 1 heterocycles. The molecule has 0 radical (unpaired) electrons. The summed E-state index contributed by atoms with van der Waals surface area (Å²) in [5, 5.41) is 0. The zero-order chi connectivity index (χ0) is 10.1. The van der Waals surface area contributed by atoms with Gasteiger partial charge in [-0.2, -0.15) is 13.2 Å². The Labute approximate surface area is 71.6 Å². The topological polar surface area (TPSA) is 43.1 Å². The van der Waals surface area contributed by atoms with Crippen molar-refractivity contribution in [1.29, 1.82) is 0 Å². The number of rotatable bonds is 2. The first-order chi connectivity index (χ1) is 5.95. The second kappa shape index (κ2) is 3.20. The molecule has 1 aromatic rings. The van der Waals surface area contributed by atoms with Gasteiger partial charge in [0.15, 0.2) is 0 Å². The summed E-state index contributed by atoms with van der Waals surface area (Å²) in [7, 11) is 0. The van der Waals surface area contributed by atoms with Gasteiger partial charge in [0.05, 0.1) is 5.69 Å². The highest BCUT2D eigenvalue weighted by Gasteiger charge is 2.42. The molecule has 72 valence electrons. The number of carbonyl (C=O) groups excluding carboxylic acids is 1. The van der Waals surface area contributed by atoms with E-state index in [9.17, 15) is 18.0 Å². The summed E-state index contributed by atoms with van der Waals surface area (Å²) in [6.07, 6.45) is -3.45. The molecule has 0 atom stereocenters. The van der Waals surface area contributed by atoms with E-state index in [-0.39, 0.29) is 0 Å². The number of ketones is 1. The Morgan fingerprint density at radius 3 is 2.62 bits per heavy atom. The summed E-state index contributed by atoms with van der Waals surface area (Å²) in [4.78, 5) is 13.9. The molecule has 0 aliphatic heterocycles. The number of hydrogen-bond donors (Lipinski definition) is 0. The second-order valence-electron chi connectivity index (χ2n) is 2.32. The van der Waals surface area contributed by atoms with E-state index in [0.29, 0.717) is 12.1 Å². The average Bonchev–Trinajstić information content (AvgIpc) is 2.48. The number of halogens is 3. The molecule has 0 aliphatic carbocycles.